The molecule has 0 fully saturated rings. The van der Waals surface area contributed by atoms with E-state index in [2.05, 4.69) is 17.1 Å². The minimum atomic E-state index is -0.112. The molecule has 56 valence electrons. The lowest BCUT2D eigenvalue weighted by Gasteiger charge is -2.11. The molecule has 0 heterocycles. The van der Waals surface area contributed by atoms with Crippen LogP contribution < -0.4 is 0 Å². The van der Waals surface area contributed by atoms with Crippen LogP contribution in [-0.4, -0.2) is 25.1 Å². The van der Waals surface area contributed by atoms with Gasteiger partial charge in [-0.05, 0) is 6.08 Å². The highest BCUT2D eigenvalue weighted by Crippen LogP contribution is 1.89. The van der Waals surface area contributed by atoms with E-state index >= 15 is 0 Å². The summed E-state index contributed by atoms with van der Waals surface area (Å²) in [5.74, 6) is -0.112. The summed E-state index contributed by atoms with van der Waals surface area (Å²) in [5.41, 5.74) is 2.50. The molecule has 0 aliphatic rings. The normalized spacial score (nSPS) is 8.20. The van der Waals surface area contributed by atoms with E-state index in [1.165, 1.54) is 7.11 Å². The zero-order chi connectivity index (χ0) is 7.98. The largest absolute Gasteiger partial charge is 0.275 e. The highest BCUT2D eigenvalue weighted by molar-refractivity contribution is 5.76. The fourth-order valence-corrected chi connectivity index (χ4v) is 0.390. The van der Waals surface area contributed by atoms with Gasteiger partial charge in [-0.2, -0.15) is 0 Å². The van der Waals surface area contributed by atoms with Crippen molar-refractivity contribution in [2.75, 3.05) is 14.2 Å². The molecule has 0 bridgehead atoms. The lowest BCUT2D eigenvalue weighted by Crippen LogP contribution is -2.24. The average Bonchev–Trinajstić information content (AvgIpc) is 1.98. The Balaban J connectivity index is 3.72. The molecular weight excluding hydrogens is 130 g/mol. The number of nitrogens with zero attached hydrogens (tertiary/aromatic N) is 1. The van der Waals surface area contributed by atoms with Crippen LogP contribution in [0.2, 0.25) is 0 Å². The SMILES string of the molecule is C=C=CCC(=O)N(C)OC. The third-order valence-electron chi connectivity index (χ3n) is 1.05. The number of carbonyl (C=O) groups excluding carboxylic acids is 1. The molecule has 10 heavy (non-hydrogen) atoms. The molecule has 3 heteroatoms. The second-order valence-corrected chi connectivity index (χ2v) is 1.69. The Labute approximate surface area is 60.5 Å². The summed E-state index contributed by atoms with van der Waals surface area (Å²) >= 11 is 0. The van der Waals surface area contributed by atoms with Crippen LogP contribution in [-0.2, 0) is 9.63 Å². The summed E-state index contributed by atoms with van der Waals surface area (Å²) < 4.78 is 0. The summed E-state index contributed by atoms with van der Waals surface area (Å²) in [5, 5.41) is 1.16. The van der Waals surface area contributed by atoms with Crippen LogP contribution in [0.5, 0.6) is 0 Å². The zero-order valence-electron chi connectivity index (χ0n) is 6.26. The van der Waals surface area contributed by atoms with Gasteiger partial charge >= 0.3 is 0 Å². The topological polar surface area (TPSA) is 29.5 Å². The molecular formula is C7H11NO2. The number of hydroxylamine groups is 2. The molecule has 0 atom stereocenters. The standard InChI is InChI=1S/C7H11NO2/c1-4-5-6-7(9)8(2)10-3/h5H,1,6H2,2-3H3. The van der Waals surface area contributed by atoms with Gasteiger partial charge in [-0.25, -0.2) is 5.06 Å². The van der Waals surface area contributed by atoms with Crippen molar-refractivity contribution in [3.8, 4) is 0 Å². The molecule has 0 aliphatic heterocycles. The van der Waals surface area contributed by atoms with Crippen molar-refractivity contribution < 1.29 is 9.63 Å². The van der Waals surface area contributed by atoms with E-state index in [-0.39, 0.29) is 12.3 Å². The predicted octanol–water partition coefficient (Wildman–Crippen LogP) is 0.737. The van der Waals surface area contributed by atoms with Crippen LogP contribution in [0.15, 0.2) is 18.4 Å². The van der Waals surface area contributed by atoms with Gasteiger partial charge in [0.05, 0.1) is 13.5 Å². The van der Waals surface area contributed by atoms with E-state index in [1.54, 1.807) is 13.1 Å². The van der Waals surface area contributed by atoms with Crippen molar-refractivity contribution in [3.63, 3.8) is 0 Å². The summed E-state index contributed by atoms with van der Waals surface area (Å²) in [4.78, 5) is 15.5. The van der Waals surface area contributed by atoms with Gasteiger partial charge in [0.1, 0.15) is 0 Å². The fraction of sp³-hybridized carbons (Fsp3) is 0.429. The molecule has 0 unspecified atom stereocenters. The van der Waals surface area contributed by atoms with E-state index in [0.29, 0.717) is 0 Å². The maximum Gasteiger partial charge on any atom is 0.250 e. The van der Waals surface area contributed by atoms with Gasteiger partial charge < -0.3 is 0 Å². The maximum atomic E-state index is 10.8. The van der Waals surface area contributed by atoms with E-state index in [0.717, 1.165) is 5.06 Å². The van der Waals surface area contributed by atoms with Gasteiger partial charge in [0.2, 0.25) is 5.91 Å². The van der Waals surface area contributed by atoms with E-state index < -0.39 is 0 Å². The van der Waals surface area contributed by atoms with Crippen LogP contribution in [0.3, 0.4) is 0 Å². The van der Waals surface area contributed by atoms with Crippen molar-refractivity contribution in [1.82, 2.24) is 5.06 Å². The van der Waals surface area contributed by atoms with Gasteiger partial charge in [-0.3, -0.25) is 9.63 Å². The fourth-order valence-electron chi connectivity index (χ4n) is 0.390. The second-order valence-electron chi connectivity index (χ2n) is 1.69. The molecule has 3 nitrogen and oxygen atoms in total. The Hall–Kier alpha value is -1.05. The third-order valence-corrected chi connectivity index (χ3v) is 1.05. The third kappa shape index (κ3) is 3.07. The van der Waals surface area contributed by atoms with Crippen molar-refractivity contribution in [3.05, 3.63) is 18.4 Å². The highest BCUT2D eigenvalue weighted by atomic mass is 16.7. The summed E-state index contributed by atoms with van der Waals surface area (Å²) in [6, 6.07) is 0. The number of hydrogen-bond acceptors (Lipinski definition) is 2. The summed E-state index contributed by atoms with van der Waals surface area (Å²) in [7, 11) is 2.99. The van der Waals surface area contributed by atoms with Gasteiger partial charge in [0, 0.05) is 7.05 Å². The molecule has 0 radical (unpaired) electrons. The minimum Gasteiger partial charge on any atom is -0.275 e. The predicted molar refractivity (Wildman–Crippen MR) is 38.1 cm³/mol. The molecule has 1 amide bonds. The molecule has 0 aromatic heterocycles. The van der Waals surface area contributed by atoms with E-state index in [4.69, 9.17) is 0 Å². The van der Waals surface area contributed by atoms with Gasteiger partial charge in [-0.1, -0.05) is 6.58 Å². The Bertz CT molecular complexity index is 159. The molecule has 0 aliphatic carbocycles. The molecule has 0 spiro atoms. The number of rotatable bonds is 3. The van der Waals surface area contributed by atoms with Crippen molar-refractivity contribution in [2.45, 2.75) is 6.42 Å². The molecule has 0 N–H and O–H groups in total. The number of hydrogen-bond donors (Lipinski definition) is 0. The Kier molecular flexibility index (Phi) is 4.29. The van der Waals surface area contributed by atoms with Crippen molar-refractivity contribution in [2.24, 2.45) is 0 Å². The summed E-state index contributed by atoms with van der Waals surface area (Å²) in [6.45, 7) is 3.33. The van der Waals surface area contributed by atoms with Crippen molar-refractivity contribution in [1.29, 1.82) is 0 Å². The van der Waals surface area contributed by atoms with Crippen molar-refractivity contribution >= 4 is 5.91 Å². The average molecular weight is 141 g/mol. The van der Waals surface area contributed by atoms with Crippen LogP contribution in [0.1, 0.15) is 6.42 Å². The monoisotopic (exact) mass is 141 g/mol. The minimum absolute atomic E-state index is 0.112. The quantitative estimate of drug-likeness (QED) is 0.428. The first-order valence-electron chi connectivity index (χ1n) is 2.87. The number of carbonyl (C=O) groups is 1. The van der Waals surface area contributed by atoms with Crippen LogP contribution in [0, 0.1) is 0 Å². The first-order chi connectivity index (χ1) is 4.72. The maximum absolute atomic E-state index is 10.8. The molecule has 0 saturated carbocycles. The Morgan fingerprint density at radius 3 is 2.90 bits per heavy atom. The Morgan fingerprint density at radius 1 is 1.90 bits per heavy atom. The van der Waals surface area contributed by atoms with Crippen LogP contribution in [0.25, 0.3) is 0 Å². The molecule has 0 saturated heterocycles. The first-order valence-corrected chi connectivity index (χ1v) is 2.87. The van der Waals surface area contributed by atoms with E-state index in [1.807, 2.05) is 0 Å². The molecule has 0 rings (SSSR count). The lowest BCUT2D eigenvalue weighted by atomic mass is 10.4. The first kappa shape index (κ1) is 8.95. The van der Waals surface area contributed by atoms with Crippen LogP contribution >= 0.6 is 0 Å². The second kappa shape index (κ2) is 4.79. The van der Waals surface area contributed by atoms with Gasteiger partial charge in [0.25, 0.3) is 0 Å². The number of amides is 1. The van der Waals surface area contributed by atoms with Gasteiger partial charge in [0.15, 0.2) is 0 Å². The highest BCUT2D eigenvalue weighted by Gasteiger charge is 2.03. The van der Waals surface area contributed by atoms with E-state index in [9.17, 15) is 4.79 Å². The Morgan fingerprint density at radius 2 is 2.50 bits per heavy atom. The zero-order valence-corrected chi connectivity index (χ0v) is 6.26. The van der Waals surface area contributed by atoms with Gasteiger partial charge in [-0.15, -0.1) is 5.73 Å². The van der Waals surface area contributed by atoms with Crippen LogP contribution in [0.4, 0.5) is 0 Å². The molecule has 0 aromatic rings. The molecule has 0 aromatic carbocycles. The smallest absolute Gasteiger partial charge is 0.250 e. The lowest BCUT2D eigenvalue weighted by molar-refractivity contribution is -0.167. The summed E-state index contributed by atoms with van der Waals surface area (Å²) in [6.07, 6.45) is 1.84.